The van der Waals surface area contributed by atoms with Crippen LogP contribution in [0.2, 0.25) is 0 Å². The van der Waals surface area contributed by atoms with Crippen LogP contribution < -0.4 is 42.1 Å². The lowest BCUT2D eigenvalue weighted by molar-refractivity contribution is -0.834. The highest BCUT2D eigenvalue weighted by atomic mass is 32.3. The standard InChI is InChI=1S/C52H90O51S5.8OS/c1-23(2)7-6-8-24(3)28-11-12-29-27-10-9-26-17-25(13-15-51(26,4)30(27)14-16-52(28,29)5)18-31-40(95-108(73,74)75)41(88-97-54)36(32(80-31)19-76-104(61,62)63)84-48-45(92-101-58)42(89-98-55)37(33(81-48)20-77-105(64,65)66)85-49-46(93-102-59)43(90-99-56)38(34(82-49)21-78-106(67,68)69)86-50-47(94-103-60)44(91-100-57)39(87-96-53)35(83-50)22-79-107(70,71)72;8*1-2/h23-50,53-60H,6-22H2,1-5H3,(H,61,62,63)(H,64,65,66)(H,67,68,69)(H,70,71,72)(H,73,74,75);;;;;;;;/p-13/t24-,25+,26?,27?,28-,29?,30?,31+,32?,33?,34?,35?,36-,37-,38-,39-,40?,41+,42+,43+,44+,45?,46?,47?,48-,49-,50-,51+,52-;;;;;;;;/m1......../s1. The molecule has 8 fully saturated rings. The summed E-state index contributed by atoms with van der Waals surface area (Å²) in [5.74, 6) is 2.60. The lowest BCUT2D eigenvalue weighted by Crippen LogP contribution is -2.69. The maximum atomic E-state index is 12.8. The minimum atomic E-state index is -6.06. The minimum absolute atomic E-state index is 0.0528. The molecule has 12 unspecified atom stereocenters. The molecule has 29 atom stereocenters. The molecule has 4 saturated carbocycles. The molecule has 0 aromatic heterocycles. The molecule has 0 bridgehead atoms. The first-order valence-electron chi connectivity index (χ1n) is 34.4. The van der Waals surface area contributed by atoms with Crippen molar-refractivity contribution in [3.63, 3.8) is 0 Å². The van der Waals surface area contributed by atoms with Crippen molar-refractivity contribution in [2.75, 3.05) is 26.4 Å². The summed E-state index contributed by atoms with van der Waals surface area (Å²) in [6, 6.07) is 0. The molecule has 0 radical (unpaired) electrons. The van der Waals surface area contributed by atoms with Gasteiger partial charge in [-0.15, -0.1) is 0 Å². The van der Waals surface area contributed by atoms with Crippen LogP contribution >= 0.6 is 0 Å². The number of ether oxygens (including phenoxy) is 7. The van der Waals surface area contributed by atoms with Gasteiger partial charge in [-0.25, -0.2) is 81.2 Å². The molecule has 0 aromatic rings. The fourth-order valence-corrected chi connectivity index (χ4v) is 19.3. The molecule has 0 spiro atoms. The number of rotatable bonds is 43. The topological polar surface area (TPSA) is 865 Å². The van der Waals surface area contributed by atoms with Gasteiger partial charge in [0.1, 0.15) is 48.8 Å². The zero-order valence-corrected chi connectivity index (χ0v) is 74.2. The van der Waals surface area contributed by atoms with Crippen LogP contribution in [0.1, 0.15) is 118 Å². The third-order valence-corrected chi connectivity index (χ3v) is 24.0. The predicted molar refractivity (Wildman–Crippen MR) is 360 cm³/mol. The second kappa shape index (κ2) is 61.2. The molecule has 0 amide bonds. The van der Waals surface area contributed by atoms with Gasteiger partial charge in [-0.2, -0.15) is 33.7 Å². The fourth-order valence-electron chi connectivity index (χ4n) is 17.6. The van der Waals surface area contributed by atoms with Crippen molar-refractivity contribution in [1.29, 1.82) is 0 Å². The van der Waals surface area contributed by atoms with Crippen molar-refractivity contribution in [3.05, 3.63) is 0 Å². The Kier molecular flexibility index (Phi) is 60.4. The van der Waals surface area contributed by atoms with E-state index in [2.05, 4.69) is 216 Å². The highest BCUT2D eigenvalue weighted by molar-refractivity contribution is 7.81. The molecule has 59 nitrogen and oxygen atoms in total. The van der Waals surface area contributed by atoms with E-state index in [1.807, 2.05) is 0 Å². The predicted octanol–water partition coefficient (Wildman–Crippen LogP) is -12.0. The van der Waals surface area contributed by atoms with Crippen molar-refractivity contribution in [2.45, 2.75) is 241 Å². The Labute approximate surface area is 746 Å². The molecule has 124 heavy (non-hydrogen) atoms. The van der Waals surface area contributed by atoms with E-state index in [-0.39, 0.29) is 23.2 Å². The Bertz CT molecular complexity index is 3510. The molecule has 4 aliphatic carbocycles. The van der Waals surface area contributed by atoms with Gasteiger partial charge in [-0.05, 0) is 122 Å². The summed E-state index contributed by atoms with van der Waals surface area (Å²) >= 11 is 22.7. The number of hydrogen-bond acceptors (Lipinski definition) is 67. The van der Waals surface area contributed by atoms with E-state index < -0.39 is 207 Å². The maximum absolute atomic E-state index is 12.8. The van der Waals surface area contributed by atoms with E-state index >= 15 is 0 Å². The normalized spacial score (nSPS) is 34.8. The van der Waals surface area contributed by atoms with Gasteiger partial charge in [0.05, 0.1) is 32.5 Å². The minimum Gasteiger partial charge on any atom is -0.726 e. The van der Waals surface area contributed by atoms with Crippen LogP contribution in [0.3, 0.4) is 0 Å². The van der Waals surface area contributed by atoms with Crippen LogP contribution in [0.25, 0.3) is 0 Å². The summed E-state index contributed by atoms with van der Waals surface area (Å²) in [4.78, 5) is 36.9. The van der Waals surface area contributed by atoms with Gasteiger partial charge in [-0.3, -0.25) is 61.2 Å². The van der Waals surface area contributed by atoms with E-state index in [4.69, 9.17) is 85.7 Å². The van der Waals surface area contributed by atoms with Gasteiger partial charge in [0.25, 0.3) is 0 Å². The van der Waals surface area contributed by atoms with E-state index in [1.165, 1.54) is 0 Å². The lowest BCUT2D eigenvalue weighted by Gasteiger charge is -2.61. The van der Waals surface area contributed by atoms with Gasteiger partial charge in [-0.1, -0.05) is 53.9 Å². The molecule has 4 heterocycles. The molecule has 4 saturated heterocycles. The molecule has 8 rings (SSSR count). The van der Waals surface area contributed by atoms with E-state index in [0.29, 0.717) is 54.8 Å². The number of fused-ring (bicyclic) bond motifs is 5. The Morgan fingerprint density at radius 1 is 0.347 bits per heavy atom. The number of hydrogen-bond donors (Lipinski definition) is 0. The van der Waals surface area contributed by atoms with Gasteiger partial charge in [0.2, 0.25) is 52.0 Å². The van der Waals surface area contributed by atoms with Gasteiger partial charge < -0.3 is 98.0 Å². The van der Waals surface area contributed by atoms with E-state index in [1.54, 1.807) is 0 Å². The summed E-state index contributed by atoms with van der Waals surface area (Å²) in [6.45, 7) is 4.60. The van der Waals surface area contributed by atoms with Gasteiger partial charge in [0, 0.05) is 0 Å². The Balaban J connectivity index is 0.00000892. The Hall–Kier alpha value is -1.73. The average Bonchev–Trinajstić information content (AvgIpc) is 1.47. The summed E-state index contributed by atoms with van der Waals surface area (Å²) in [6.07, 6.45) is -42.7. The lowest BCUT2D eigenvalue weighted by atomic mass is 9.44. The SMILES string of the molecule is CC(C)CCC[C@@H](C)[C@H]1CCC2C3CCC4C[C@@H](C[C@@H]5OC(COS(=O)(=O)[O-])[C@@H](O[C@H]6OC(COS(=O)(=O)[O-])[C@@H](O[C@H]7OC(COS(=O)(=O)[O-])[C@@H](O[C@H]8OC(COS(=O)(=O)[O-])[C@@H](OO[O-])[C@H](OO[O-])C8OO[O-])[C@H](OO[O-])C7OO[O-])[C@H](OO[O-])C6OO[O-])[C@H](OO[O-])C5OS(=O)(=O)[O-])CC[C@]4(C)C3CC[C@@]21C.O=S.O=S.O=S.O=S.O=S.O=S.O=S.O=S. The van der Waals surface area contributed by atoms with Crippen molar-refractivity contribution in [2.24, 2.45) is 58.2 Å². The maximum Gasteiger partial charge on any atom is 0.218 e. The monoisotopic (exact) mass is 2060 g/mol. The molecule has 8 aliphatic rings. The first kappa shape index (κ1) is 122. The summed E-state index contributed by atoms with van der Waals surface area (Å²) < 4.78 is 307. The van der Waals surface area contributed by atoms with Gasteiger partial charge in [0.15, 0.2) is 168 Å². The quantitative estimate of drug-likeness (QED) is 0.0237. The van der Waals surface area contributed by atoms with E-state index in [0.717, 1.165) is 57.8 Å². The summed E-state index contributed by atoms with van der Waals surface area (Å²) in [7, 11) is -29.8. The van der Waals surface area contributed by atoms with Crippen LogP contribution in [-0.2, 0) is 286 Å². The zero-order chi connectivity index (χ0) is 95.5. The van der Waals surface area contributed by atoms with Crippen molar-refractivity contribution >= 4 is 152 Å². The largest absolute Gasteiger partial charge is 0.726 e. The smallest absolute Gasteiger partial charge is 0.218 e. The molecular formula is C52H77O59S13-13. The van der Waals surface area contributed by atoms with Gasteiger partial charge >= 0.3 is 0 Å². The molecule has 0 aromatic carbocycles. The Morgan fingerprint density at radius 2 is 0.661 bits per heavy atom. The highest BCUT2D eigenvalue weighted by Crippen LogP contribution is 2.69. The van der Waals surface area contributed by atoms with Crippen molar-refractivity contribution in [1.82, 2.24) is 0 Å². The van der Waals surface area contributed by atoms with Crippen molar-refractivity contribution in [3.8, 4) is 0 Å². The first-order valence-corrected chi connectivity index (χ1v) is 43.7. The van der Waals surface area contributed by atoms with Crippen LogP contribution in [0.5, 0.6) is 0 Å². The van der Waals surface area contributed by atoms with Crippen LogP contribution in [0, 0.1) is 58.2 Å². The molecular weight excluding hydrogens is 1990 g/mol. The second-order valence-electron chi connectivity index (χ2n) is 28.0. The third kappa shape index (κ3) is 36.9. The average molecular weight is 2060 g/mol. The van der Waals surface area contributed by atoms with E-state index in [9.17, 15) is 107 Å². The molecule has 730 valence electrons. The fraction of sp³-hybridized carbons (Fsp3) is 1.00. The molecule has 72 heteroatoms. The first-order chi connectivity index (χ1) is 58.8. The van der Waals surface area contributed by atoms with Crippen LogP contribution in [-0.4, -0.2) is 248 Å². The van der Waals surface area contributed by atoms with Crippen LogP contribution in [0.15, 0.2) is 0 Å². The summed E-state index contributed by atoms with van der Waals surface area (Å²) in [5, 5.41) is 123. The zero-order valence-electron chi connectivity index (χ0n) is 63.6. The second-order valence-corrected chi connectivity index (χ2v) is 33.2. The molecule has 0 N–H and O–H groups in total. The van der Waals surface area contributed by atoms with Crippen molar-refractivity contribution < 1.29 is 274 Å². The highest BCUT2D eigenvalue weighted by Gasteiger charge is 2.64. The van der Waals surface area contributed by atoms with Crippen LogP contribution in [0.4, 0.5) is 0 Å². The molecule has 4 aliphatic heterocycles. The summed E-state index contributed by atoms with van der Waals surface area (Å²) in [5.41, 5.74) is -0.0331. The third-order valence-electron chi connectivity index (χ3n) is 21.9. The Morgan fingerprint density at radius 3 is 1.01 bits per heavy atom.